The first kappa shape index (κ1) is 13.5. The van der Waals surface area contributed by atoms with Crippen LogP contribution in [-0.4, -0.2) is 6.54 Å². The predicted molar refractivity (Wildman–Crippen MR) is 72.3 cm³/mol. The molecule has 0 spiro atoms. The van der Waals surface area contributed by atoms with Crippen molar-refractivity contribution in [1.29, 1.82) is 0 Å². The van der Waals surface area contributed by atoms with Gasteiger partial charge in [0.1, 0.15) is 11.9 Å². The molecule has 1 unspecified atom stereocenters. The summed E-state index contributed by atoms with van der Waals surface area (Å²) in [4.78, 5) is 0.957. The van der Waals surface area contributed by atoms with Crippen LogP contribution in [-0.2, 0) is 11.3 Å². The topological polar surface area (TPSA) is 35.2 Å². The van der Waals surface area contributed by atoms with Crippen molar-refractivity contribution in [3.05, 3.63) is 57.0 Å². The van der Waals surface area contributed by atoms with Crippen LogP contribution in [0.25, 0.3) is 0 Å². The number of nitrogens with two attached hydrogens (primary N) is 1. The summed E-state index contributed by atoms with van der Waals surface area (Å²) in [6.45, 7) is 0.537. The molecule has 18 heavy (non-hydrogen) atoms. The molecule has 96 valence electrons. The molecule has 0 aliphatic rings. The molecule has 2 N–H and O–H groups in total. The van der Waals surface area contributed by atoms with E-state index >= 15 is 0 Å². The van der Waals surface area contributed by atoms with Crippen molar-refractivity contribution in [3.8, 4) is 0 Å². The van der Waals surface area contributed by atoms with Crippen molar-refractivity contribution in [1.82, 2.24) is 0 Å². The van der Waals surface area contributed by atoms with Crippen LogP contribution in [0.1, 0.15) is 16.5 Å². The van der Waals surface area contributed by atoms with Crippen LogP contribution in [0.15, 0.2) is 36.4 Å². The Bertz CT molecular complexity index is 517. The zero-order chi connectivity index (χ0) is 13.0. The molecule has 2 rings (SSSR count). The van der Waals surface area contributed by atoms with Gasteiger partial charge in [0.25, 0.3) is 0 Å². The Morgan fingerprint density at radius 2 is 2.06 bits per heavy atom. The molecule has 5 heteroatoms. The largest absolute Gasteiger partial charge is 0.367 e. The zero-order valence-corrected chi connectivity index (χ0v) is 11.2. The van der Waals surface area contributed by atoms with Crippen LogP contribution in [0.4, 0.5) is 4.39 Å². The van der Waals surface area contributed by atoms with E-state index in [1.807, 2.05) is 6.07 Å². The molecule has 1 atom stereocenters. The number of thiophene rings is 1. The fourth-order valence-electron chi connectivity index (χ4n) is 1.57. The fraction of sp³-hybridized carbons (Fsp3) is 0.231. The maximum Gasteiger partial charge on any atom is 0.128 e. The van der Waals surface area contributed by atoms with Gasteiger partial charge in [-0.3, -0.25) is 0 Å². The third-order valence-corrected chi connectivity index (χ3v) is 3.85. The average molecular weight is 286 g/mol. The van der Waals surface area contributed by atoms with Gasteiger partial charge in [0.15, 0.2) is 0 Å². The molecule has 1 aromatic carbocycles. The van der Waals surface area contributed by atoms with E-state index in [9.17, 15) is 4.39 Å². The van der Waals surface area contributed by atoms with Crippen LogP contribution >= 0.6 is 22.9 Å². The van der Waals surface area contributed by atoms with Crippen molar-refractivity contribution in [2.24, 2.45) is 5.73 Å². The quantitative estimate of drug-likeness (QED) is 0.908. The summed E-state index contributed by atoms with van der Waals surface area (Å²) in [5.74, 6) is -0.266. The predicted octanol–water partition coefficient (Wildman–Crippen LogP) is 3.76. The van der Waals surface area contributed by atoms with Crippen LogP contribution in [0.5, 0.6) is 0 Å². The lowest BCUT2D eigenvalue weighted by molar-refractivity contribution is 0.0463. The summed E-state index contributed by atoms with van der Waals surface area (Å²) >= 11 is 7.29. The van der Waals surface area contributed by atoms with Crippen LogP contribution in [0, 0.1) is 5.82 Å². The number of hydrogen-bond donors (Lipinski definition) is 1. The maximum atomic E-state index is 13.4. The minimum atomic E-state index is -0.266. The van der Waals surface area contributed by atoms with Crippen molar-refractivity contribution >= 4 is 22.9 Å². The highest BCUT2D eigenvalue weighted by Crippen LogP contribution is 2.29. The molecular formula is C13H13ClFNOS. The number of benzene rings is 1. The fourth-order valence-corrected chi connectivity index (χ4v) is 2.70. The summed E-state index contributed by atoms with van der Waals surface area (Å²) in [5.41, 5.74) is 6.19. The van der Waals surface area contributed by atoms with E-state index in [0.717, 1.165) is 4.88 Å². The molecule has 0 aliphatic heterocycles. The zero-order valence-electron chi connectivity index (χ0n) is 9.61. The standard InChI is InChI=1S/C13H13ClFNOS/c14-13-6-5-12(18-13)11(7-16)17-8-9-3-1-2-4-10(9)15/h1-6,11H,7-8,16H2. The van der Waals surface area contributed by atoms with Gasteiger partial charge >= 0.3 is 0 Å². The Balaban J connectivity index is 2.02. The first-order valence-corrected chi connectivity index (χ1v) is 6.70. The van der Waals surface area contributed by atoms with E-state index in [2.05, 4.69) is 0 Å². The van der Waals surface area contributed by atoms with Crippen molar-refractivity contribution in [2.75, 3.05) is 6.54 Å². The van der Waals surface area contributed by atoms with E-state index in [4.69, 9.17) is 22.1 Å². The Hall–Kier alpha value is -0.940. The lowest BCUT2D eigenvalue weighted by Crippen LogP contribution is -2.15. The molecule has 0 fully saturated rings. The highest BCUT2D eigenvalue weighted by Gasteiger charge is 2.13. The van der Waals surface area contributed by atoms with Gasteiger partial charge < -0.3 is 10.5 Å². The minimum Gasteiger partial charge on any atom is -0.367 e. The lowest BCUT2D eigenvalue weighted by Gasteiger charge is -2.14. The van der Waals surface area contributed by atoms with Crippen LogP contribution < -0.4 is 5.73 Å². The second-order valence-corrected chi connectivity index (χ2v) is 5.52. The molecule has 1 aromatic heterocycles. The van der Waals surface area contributed by atoms with Gasteiger partial charge in [0.05, 0.1) is 10.9 Å². The second-order valence-electron chi connectivity index (χ2n) is 3.77. The van der Waals surface area contributed by atoms with Crippen molar-refractivity contribution in [3.63, 3.8) is 0 Å². The highest BCUT2D eigenvalue weighted by molar-refractivity contribution is 7.16. The number of ether oxygens (including phenoxy) is 1. The van der Waals surface area contributed by atoms with Gasteiger partial charge in [-0.1, -0.05) is 29.8 Å². The van der Waals surface area contributed by atoms with Crippen molar-refractivity contribution < 1.29 is 9.13 Å². The Labute approximate surface area is 114 Å². The van der Waals surface area contributed by atoms with Gasteiger partial charge in [-0.25, -0.2) is 4.39 Å². The molecule has 0 aliphatic carbocycles. The van der Waals surface area contributed by atoms with E-state index in [1.165, 1.54) is 17.4 Å². The Morgan fingerprint density at radius 3 is 2.67 bits per heavy atom. The summed E-state index contributed by atoms with van der Waals surface area (Å²) in [7, 11) is 0. The van der Waals surface area contributed by atoms with Gasteiger partial charge in [0, 0.05) is 17.0 Å². The normalized spacial score (nSPS) is 12.6. The molecule has 0 amide bonds. The third kappa shape index (κ3) is 3.29. The molecule has 2 nitrogen and oxygen atoms in total. The Kier molecular flexibility index (Phi) is 4.72. The van der Waals surface area contributed by atoms with E-state index in [0.29, 0.717) is 16.4 Å². The SMILES string of the molecule is NCC(OCc1ccccc1F)c1ccc(Cl)s1. The number of halogens is 2. The maximum absolute atomic E-state index is 13.4. The average Bonchev–Trinajstić information content (AvgIpc) is 2.79. The molecule has 0 bridgehead atoms. The summed E-state index contributed by atoms with van der Waals surface area (Å²) in [5, 5.41) is 0. The second kappa shape index (κ2) is 6.29. The monoisotopic (exact) mass is 285 g/mol. The molecule has 0 saturated heterocycles. The molecule has 0 radical (unpaired) electrons. The lowest BCUT2D eigenvalue weighted by atomic mass is 10.2. The first-order chi connectivity index (χ1) is 8.70. The minimum absolute atomic E-state index is 0.198. The van der Waals surface area contributed by atoms with Gasteiger partial charge in [-0.2, -0.15) is 0 Å². The highest BCUT2D eigenvalue weighted by atomic mass is 35.5. The Morgan fingerprint density at radius 1 is 1.28 bits per heavy atom. The molecular weight excluding hydrogens is 273 g/mol. The smallest absolute Gasteiger partial charge is 0.128 e. The van der Waals surface area contributed by atoms with Crippen LogP contribution in [0.2, 0.25) is 4.34 Å². The van der Waals surface area contributed by atoms with Gasteiger partial charge in [-0.15, -0.1) is 11.3 Å². The van der Waals surface area contributed by atoms with Gasteiger partial charge in [0.2, 0.25) is 0 Å². The molecule has 1 heterocycles. The van der Waals surface area contributed by atoms with E-state index < -0.39 is 0 Å². The summed E-state index contributed by atoms with van der Waals surface area (Å²) < 4.78 is 19.8. The van der Waals surface area contributed by atoms with E-state index in [-0.39, 0.29) is 18.5 Å². The third-order valence-electron chi connectivity index (χ3n) is 2.52. The van der Waals surface area contributed by atoms with Crippen LogP contribution in [0.3, 0.4) is 0 Å². The summed E-state index contributed by atoms with van der Waals surface area (Å²) in [6.07, 6.45) is -0.248. The van der Waals surface area contributed by atoms with Crippen molar-refractivity contribution in [2.45, 2.75) is 12.7 Å². The van der Waals surface area contributed by atoms with Gasteiger partial charge in [-0.05, 0) is 18.2 Å². The molecule has 2 aromatic rings. The molecule has 0 saturated carbocycles. The number of rotatable bonds is 5. The van der Waals surface area contributed by atoms with E-state index in [1.54, 1.807) is 24.3 Å². The number of hydrogen-bond acceptors (Lipinski definition) is 3. The first-order valence-electron chi connectivity index (χ1n) is 5.51. The summed E-state index contributed by atoms with van der Waals surface area (Å²) in [6, 6.07) is 10.2.